The van der Waals surface area contributed by atoms with Gasteiger partial charge >= 0.3 is 6.09 Å². The number of ether oxygens (including phenoxy) is 1. The number of benzene rings is 1. The summed E-state index contributed by atoms with van der Waals surface area (Å²) in [6, 6.07) is 10.5. The fourth-order valence-corrected chi connectivity index (χ4v) is 3.81. The molecule has 1 aromatic carbocycles. The monoisotopic (exact) mass is 332 g/mol. The predicted molar refractivity (Wildman–Crippen MR) is 92.6 cm³/mol. The maximum Gasteiger partial charge on any atom is 0.410 e. The molecule has 1 aromatic rings. The van der Waals surface area contributed by atoms with E-state index in [4.69, 9.17) is 4.74 Å². The third kappa shape index (κ3) is 4.08. The molecule has 5 nitrogen and oxygen atoms in total. The van der Waals surface area contributed by atoms with Crippen LogP contribution in [0.3, 0.4) is 0 Å². The summed E-state index contributed by atoms with van der Waals surface area (Å²) in [6.45, 7) is 8.63. The van der Waals surface area contributed by atoms with Gasteiger partial charge in [0, 0.05) is 19.6 Å². The highest BCUT2D eigenvalue weighted by atomic mass is 16.6. The summed E-state index contributed by atoms with van der Waals surface area (Å²) in [6.07, 6.45) is -0.0110. The average Bonchev–Trinajstić information content (AvgIpc) is 2.87. The number of amides is 1. The van der Waals surface area contributed by atoms with E-state index in [2.05, 4.69) is 29.2 Å². The minimum Gasteiger partial charge on any atom is -0.444 e. The van der Waals surface area contributed by atoms with E-state index in [0.29, 0.717) is 12.5 Å². The van der Waals surface area contributed by atoms with Gasteiger partial charge in [-0.3, -0.25) is 4.90 Å². The van der Waals surface area contributed by atoms with E-state index < -0.39 is 11.7 Å². The minimum atomic E-state index is -0.517. The molecule has 0 spiro atoms. The fourth-order valence-electron chi connectivity index (χ4n) is 3.81. The zero-order valence-electron chi connectivity index (χ0n) is 14.8. The van der Waals surface area contributed by atoms with E-state index in [1.54, 1.807) is 4.90 Å². The molecule has 1 amide bonds. The van der Waals surface area contributed by atoms with Crippen molar-refractivity contribution in [2.24, 2.45) is 5.92 Å². The zero-order chi connectivity index (χ0) is 17.3. The van der Waals surface area contributed by atoms with Gasteiger partial charge < -0.3 is 14.7 Å². The largest absolute Gasteiger partial charge is 0.444 e. The Morgan fingerprint density at radius 2 is 1.92 bits per heavy atom. The molecule has 0 aromatic heterocycles. The lowest BCUT2D eigenvalue weighted by molar-refractivity contribution is -0.0207. The van der Waals surface area contributed by atoms with Gasteiger partial charge in [-0.2, -0.15) is 0 Å². The van der Waals surface area contributed by atoms with Crippen LogP contribution in [0.2, 0.25) is 0 Å². The first-order valence-corrected chi connectivity index (χ1v) is 8.76. The first kappa shape index (κ1) is 17.2. The molecule has 24 heavy (non-hydrogen) atoms. The van der Waals surface area contributed by atoms with Gasteiger partial charge in [0.25, 0.3) is 0 Å². The Labute approximate surface area is 144 Å². The number of rotatable bonds is 2. The van der Waals surface area contributed by atoms with Crippen LogP contribution in [0.5, 0.6) is 0 Å². The Morgan fingerprint density at radius 3 is 2.58 bits per heavy atom. The summed E-state index contributed by atoms with van der Waals surface area (Å²) in [7, 11) is 0. The lowest BCUT2D eigenvalue weighted by Crippen LogP contribution is -2.54. The normalized spacial score (nSPS) is 27.8. The second-order valence-corrected chi connectivity index (χ2v) is 8.03. The first-order valence-electron chi connectivity index (χ1n) is 8.76. The smallest absolute Gasteiger partial charge is 0.410 e. The van der Waals surface area contributed by atoms with Crippen LogP contribution >= 0.6 is 0 Å². The first-order chi connectivity index (χ1) is 11.3. The Hall–Kier alpha value is -1.59. The molecular weight excluding hydrogens is 304 g/mol. The second-order valence-electron chi connectivity index (χ2n) is 8.03. The highest BCUT2D eigenvalue weighted by Gasteiger charge is 2.44. The lowest BCUT2D eigenvalue weighted by atomic mass is 9.91. The number of nitrogens with zero attached hydrogens (tertiary/aromatic N) is 2. The van der Waals surface area contributed by atoms with E-state index in [-0.39, 0.29) is 12.1 Å². The number of piperidine rings is 1. The molecule has 0 saturated carbocycles. The molecule has 0 unspecified atom stereocenters. The van der Waals surface area contributed by atoms with Gasteiger partial charge in [-0.25, -0.2) is 4.79 Å². The van der Waals surface area contributed by atoms with Crippen LogP contribution in [0.25, 0.3) is 0 Å². The molecule has 1 N–H and O–H groups in total. The predicted octanol–water partition coefficient (Wildman–Crippen LogP) is 2.49. The quantitative estimate of drug-likeness (QED) is 0.904. The van der Waals surface area contributed by atoms with Gasteiger partial charge in [0.05, 0.1) is 18.7 Å². The van der Waals surface area contributed by atoms with Crippen LogP contribution in [0.1, 0.15) is 32.8 Å². The number of likely N-dealkylation sites (tertiary alicyclic amines) is 2. The summed E-state index contributed by atoms with van der Waals surface area (Å²) < 4.78 is 5.54. The van der Waals surface area contributed by atoms with Crippen molar-refractivity contribution in [3.63, 3.8) is 0 Å². The molecule has 0 bridgehead atoms. The number of carbonyl (C=O) groups is 1. The molecule has 0 radical (unpaired) electrons. The van der Waals surface area contributed by atoms with Gasteiger partial charge in [0.15, 0.2) is 0 Å². The van der Waals surface area contributed by atoms with Gasteiger partial charge in [0.2, 0.25) is 0 Å². The number of aliphatic hydroxyl groups excluding tert-OH is 1. The summed E-state index contributed by atoms with van der Waals surface area (Å²) in [5.74, 6) is 0.310. The number of carbonyl (C=O) groups excluding carboxylic acids is 1. The van der Waals surface area contributed by atoms with E-state index >= 15 is 0 Å². The molecule has 2 aliphatic rings. The van der Waals surface area contributed by atoms with Gasteiger partial charge in [-0.15, -0.1) is 0 Å². The van der Waals surface area contributed by atoms with Crippen LogP contribution in [0, 0.1) is 5.92 Å². The highest BCUT2D eigenvalue weighted by Crippen LogP contribution is 2.32. The molecule has 3 rings (SSSR count). The Balaban J connectivity index is 1.68. The van der Waals surface area contributed by atoms with Crippen molar-refractivity contribution in [3.8, 4) is 0 Å². The number of hydrogen-bond donors (Lipinski definition) is 1. The maximum atomic E-state index is 12.5. The second kappa shape index (κ2) is 6.73. The molecule has 2 saturated heterocycles. The van der Waals surface area contributed by atoms with Crippen LogP contribution in [-0.2, 0) is 11.3 Å². The van der Waals surface area contributed by atoms with E-state index in [1.807, 2.05) is 26.8 Å². The molecule has 2 aliphatic heterocycles. The van der Waals surface area contributed by atoms with Crippen molar-refractivity contribution in [1.29, 1.82) is 0 Å². The van der Waals surface area contributed by atoms with Crippen LogP contribution in [0.15, 0.2) is 30.3 Å². The summed E-state index contributed by atoms with van der Waals surface area (Å²) in [5, 5.41) is 10.2. The lowest BCUT2D eigenvalue weighted by Gasteiger charge is -2.39. The number of β-amino-alcohol motifs (C(OH)–C–C–N with tert-alkyl or cyclic N) is 1. The van der Waals surface area contributed by atoms with Crippen molar-refractivity contribution in [2.45, 2.75) is 51.5 Å². The number of aliphatic hydroxyl groups is 1. The molecular formula is C19H28N2O3. The average molecular weight is 332 g/mol. The van der Waals surface area contributed by atoms with Crippen molar-refractivity contribution in [3.05, 3.63) is 35.9 Å². The van der Waals surface area contributed by atoms with Crippen molar-refractivity contribution < 1.29 is 14.6 Å². The number of hydrogen-bond acceptors (Lipinski definition) is 4. The van der Waals surface area contributed by atoms with E-state index in [0.717, 1.165) is 26.1 Å². The molecule has 3 atom stereocenters. The SMILES string of the molecule is CC(C)(C)OC(=O)N1C[C@@H](O)C[C@@H]2CN(Cc3ccccc3)C[C@@H]21. The van der Waals surface area contributed by atoms with Crippen molar-refractivity contribution in [2.75, 3.05) is 19.6 Å². The van der Waals surface area contributed by atoms with Gasteiger partial charge in [-0.05, 0) is 38.7 Å². The summed E-state index contributed by atoms with van der Waals surface area (Å²) in [5.41, 5.74) is 0.762. The third-order valence-corrected chi connectivity index (χ3v) is 4.74. The standard InChI is InChI=1S/C19H28N2O3/c1-19(2,3)24-18(23)21-12-16(22)9-15-11-20(13-17(15)21)10-14-7-5-4-6-8-14/h4-8,15-17,22H,9-13H2,1-3H3/t15-,16+,17+/m1/s1. The Morgan fingerprint density at radius 1 is 1.21 bits per heavy atom. The van der Waals surface area contributed by atoms with Crippen molar-refractivity contribution >= 4 is 6.09 Å². The van der Waals surface area contributed by atoms with Crippen LogP contribution in [-0.4, -0.2) is 58.4 Å². The maximum absolute atomic E-state index is 12.5. The zero-order valence-corrected chi connectivity index (χ0v) is 14.8. The minimum absolute atomic E-state index is 0.131. The van der Waals surface area contributed by atoms with Crippen molar-refractivity contribution in [1.82, 2.24) is 9.80 Å². The highest BCUT2D eigenvalue weighted by molar-refractivity contribution is 5.69. The van der Waals surface area contributed by atoms with Crippen LogP contribution < -0.4 is 0 Å². The van der Waals surface area contributed by atoms with Gasteiger partial charge in [0.1, 0.15) is 5.60 Å². The summed E-state index contributed by atoms with van der Waals surface area (Å²) in [4.78, 5) is 16.7. The number of fused-ring (bicyclic) bond motifs is 1. The van der Waals surface area contributed by atoms with E-state index in [9.17, 15) is 9.90 Å². The third-order valence-electron chi connectivity index (χ3n) is 4.74. The Kier molecular flexibility index (Phi) is 4.83. The molecule has 0 aliphatic carbocycles. The molecule has 132 valence electrons. The summed E-state index contributed by atoms with van der Waals surface area (Å²) >= 11 is 0. The van der Waals surface area contributed by atoms with Gasteiger partial charge in [-0.1, -0.05) is 30.3 Å². The van der Waals surface area contributed by atoms with E-state index in [1.165, 1.54) is 5.56 Å². The van der Waals surface area contributed by atoms with Crippen LogP contribution in [0.4, 0.5) is 4.79 Å². The fraction of sp³-hybridized carbons (Fsp3) is 0.632. The molecule has 5 heteroatoms. The molecule has 2 heterocycles. The molecule has 2 fully saturated rings. The Bertz CT molecular complexity index is 570. The topological polar surface area (TPSA) is 53.0 Å².